The lowest BCUT2D eigenvalue weighted by atomic mass is 11.7. The van der Waals surface area contributed by atoms with Crippen LogP contribution in [0.25, 0.3) is 0 Å². The van der Waals surface area contributed by atoms with E-state index in [2.05, 4.69) is 69.2 Å². The molecule has 103 valence electrons. The Morgan fingerprint density at radius 2 is 1.18 bits per heavy atom. The third kappa shape index (κ3) is 7.73. The van der Waals surface area contributed by atoms with E-state index in [1.54, 1.807) is 0 Å². The van der Waals surface area contributed by atoms with Crippen LogP contribution in [0.3, 0.4) is 0 Å². The molecule has 0 amide bonds. The van der Waals surface area contributed by atoms with Gasteiger partial charge in [-0.2, -0.15) is 0 Å². The summed E-state index contributed by atoms with van der Waals surface area (Å²) in [5, 5.41) is 0. The van der Waals surface area contributed by atoms with Crippen LogP contribution in [0.2, 0.25) is 65.5 Å². The average Bonchev–Trinajstić information content (AvgIpc) is 1.91. The van der Waals surface area contributed by atoms with Crippen molar-refractivity contribution in [2.24, 2.45) is 0 Å². The van der Waals surface area contributed by atoms with Crippen molar-refractivity contribution in [1.82, 2.24) is 0 Å². The lowest BCUT2D eigenvalue weighted by Gasteiger charge is -2.43. The third-order valence-electron chi connectivity index (χ3n) is 2.31. The molecule has 0 atom stereocenters. The molecule has 6 heteroatoms. The quantitative estimate of drug-likeness (QED) is 0.528. The average molecular weight is 309 g/mol. The number of hydrogen-bond donors (Lipinski definition) is 0. The standard InChI is InChI=1S/C11H32O2Si4/c1-14(12-15(2,3)4)11-13(16(5,6)7)17(8,9)10/h11H2,1-10H3/q+1. The molecule has 0 aliphatic carbocycles. The van der Waals surface area contributed by atoms with E-state index in [-0.39, 0.29) is 0 Å². The predicted octanol–water partition coefficient (Wildman–Crippen LogP) is 4.22. The summed E-state index contributed by atoms with van der Waals surface area (Å²) in [5.74, 6) is 0. The second-order valence-corrected chi connectivity index (χ2v) is 24.3. The summed E-state index contributed by atoms with van der Waals surface area (Å²) in [6.07, 6.45) is 1.14. The van der Waals surface area contributed by atoms with Crippen LogP contribution in [0.5, 0.6) is 0 Å². The summed E-state index contributed by atoms with van der Waals surface area (Å²) >= 11 is 0. The highest BCUT2D eigenvalue weighted by Gasteiger charge is 2.44. The van der Waals surface area contributed by atoms with Crippen LogP contribution in [-0.2, 0) is 7.86 Å². The second kappa shape index (κ2) is 5.83. The zero-order chi connectivity index (χ0) is 14.1. The molecule has 0 aromatic carbocycles. The van der Waals surface area contributed by atoms with Crippen molar-refractivity contribution >= 4 is 34.0 Å². The molecule has 0 unspecified atom stereocenters. The summed E-state index contributed by atoms with van der Waals surface area (Å²) in [6.45, 7) is 23.8. The van der Waals surface area contributed by atoms with E-state index in [9.17, 15) is 0 Å². The van der Waals surface area contributed by atoms with Crippen molar-refractivity contribution in [2.45, 2.75) is 65.5 Å². The topological polar surface area (TPSA) is 11.9 Å². The highest BCUT2D eigenvalue weighted by Crippen LogP contribution is 2.25. The molecule has 0 heterocycles. The zero-order valence-electron chi connectivity index (χ0n) is 13.5. The van der Waals surface area contributed by atoms with Crippen LogP contribution in [0.1, 0.15) is 0 Å². The van der Waals surface area contributed by atoms with E-state index in [1.807, 2.05) is 0 Å². The van der Waals surface area contributed by atoms with Gasteiger partial charge in [-0.1, -0.05) is 0 Å². The van der Waals surface area contributed by atoms with Gasteiger partial charge in [-0.05, 0) is 26.2 Å². The van der Waals surface area contributed by atoms with E-state index in [4.69, 9.17) is 4.12 Å². The van der Waals surface area contributed by atoms with E-state index in [0.29, 0.717) is 0 Å². The van der Waals surface area contributed by atoms with Crippen molar-refractivity contribution in [3.8, 4) is 0 Å². The highest BCUT2D eigenvalue weighted by molar-refractivity contribution is 6.86. The largest absolute Gasteiger partial charge is 0.621 e. The molecule has 1 radical (unpaired) electrons. The molecule has 2 nitrogen and oxygen atoms in total. The second-order valence-electron chi connectivity index (χ2n) is 7.68. The summed E-state index contributed by atoms with van der Waals surface area (Å²) in [7, 11) is -4.63. The van der Waals surface area contributed by atoms with Gasteiger partial charge < -0.3 is 7.86 Å². The fourth-order valence-electron chi connectivity index (χ4n) is 2.11. The molecule has 0 N–H and O–H groups in total. The smallest absolute Gasteiger partial charge is 0.353 e. The molecule has 0 rings (SSSR count). The Bertz CT molecular complexity index is 223. The van der Waals surface area contributed by atoms with Crippen molar-refractivity contribution in [3.63, 3.8) is 0 Å². The maximum atomic E-state index is 6.28. The molecular formula is C11H32O2Si4+. The van der Waals surface area contributed by atoms with Gasteiger partial charge in [-0.25, -0.2) is 0 Å². The first-order valence-electron chi connectivity index (χ1n) is 6.46. The van der Waals surface area contributed by atoms with Crippen molar-refractivity contribution in [1.29, 1.82) is 0 Å². The zero-order valence-corrected chi connectivity index (χ0v) is 17.5. The van der Waals surface area contributed by atoms with E-state index in [0.717, 1.165) is 6.23 Å². The maximum absolute atomic E-state index is 6.28. The Labute approximate surface area is 114 Å². The molecule has 0 spiro atoms. The Hall–Kier alpha value is 0.788. The molecule has 0 saturated carbocycles. The van der Waals surface area contributed by atoms with Crippen LogP contribution in [0, 0.1) is 0 Å². The lowest BCUT2D eigenvalue weighted by Crippen LogP contribution is -2.56. The van der Waals surface area contributed by atoms with Gasteiger partial charge in [0.25, 0.3) is 9.04 Å². The molecule has 0 fully saturated rings. The van der Waals surface area contributed by atoms with Gasteiger partial charge in [0.05, 0.1) is 0 Å². The van der Waals surface area contributed by atoms with Crippen LogP contribution in [0.4, 0.5) is 0 Å². The minimum absolute atomic E-state index is 0.691. The minimum Gasteiger partial charge on any atom is -0.621 e. The van der Waals surface area contributed by atoms with Gasteiger partial charge >= 0.3 is 16.6 Å². The van der Waals surface area contributed by atoms with Gasteiger partial charge in [0.15, 0.2) is 8.32 Å². The first-order valence-corrected chi connectivity index (χ1v) is 18.8. The molecule has 0 saturated heterocycles. The monoisotopic (exact) mass is 308 g/mol. The third-order valence-corrected chi connectivity index (χ3v) is 14.3. The van der Waals surface area contributed by atoms with Gasteiger partial charge in [0.2, 0.25) is 0 Å². The first-order chi connectivity index (χ1) is 7.23. The van der Waals surface area contributed by atoms with Crippen LogP contribution < -0.4 is 0 Å². The SMILES string of the molecule is C[Si](C[O+]([Si](C)(C)C)[Si](C)(C)C)O[Si](C)(C)C. The normalized spacial score (nSPS) is 14.8. The van der Waals surface area contributed by atoms with Gasteiger partial charge in [-0.3, -0.25) is 0 Å². The molecule has 0 aromatic heterocycles. The first kappa shape index (κ1) is 17.8. The minimum atomic E-state index is -1.37. The predicted molar refractivity (Wildman–Crippen MR) is 88.7 cm³/mol. The fraction of sp³-hybridized carbons (Fsp3) is 1.00. The summed E-state index contributed by atoms with van der Waals surface area (Å²) < 4.78 is 10.1. The Balaban J connectivity index is 4.68. The molecule has 0 aliphatic rings. The highest BCUT2D eigenvalue weighted by atomic mass is 28.4. The van der Waals surface area contributed by atoms with Crippen LogP contribution >= 0.6 is 0 Å². The van der Waals surface area contributed by atoms with Gasteiger partial charge in [0.1, 0.15) is 6.23 Å². The van der Waals surface area contributed by atoms with Crippen molar-refractivity contribution < 1.29 is 7.86 Å². The Kier molecular flexibility index (Phi) is 6.10. The Morgan fingerprint density at radius 3 is 1.41 bits per heavy atom. The van der Waals surface area contributed by atoms with Crippen molar-refractivity contribution in [2.75, 3.05) is 6.23 Å². The van der Waals surface area contributed by atoms with E-state index in [1.165, 1.54) is 0 Å². The van der Waals surface area contributed by atoms with E-state index < -0.39 is 34.0 Å². The van der Waals surface area contributed by atoms with E-state index >= 15 is 0 Å². The number of hydrogen-bond acceptors (Lipinski definition) is 1. The summed E-state index contributed by atoms with van der Waals surface area (Å²) in [4.78, 5) is 0. The summed E-state index contributed by atoms with van der Waals surface area (Å²) in [5.41, 5.74) is 0. The molecule has 0 aromatic rings. The molecule has 0 bridgehead atoms. The van der Waals surface area contributed by atoms with Crippen LogP contribution in [0.15, 0.2) is 0 Å². The molecule has 17 heavy (non-hydrogen) atoms. The van der Waals surface area contributed by atoms with Crippen molar-refractivity contribution in [3.05, 3.63) is 0 Å². The fourth-order valence-corrected chi connectivity index (χ4v) is 19.0. The summed E-state index contributed by atoms with van der Waals surface area (Å²) in [6, 6.07) is 0. The maximum Gasteiger partial charge on any atom is 0.353 e. The lowest BCUT2D eigenvalue weighted by molar-refractivity contribution is 0.191. The van der Waals surface area contributed by atoms with Gasteiger partial charge in [-0.15, -0.1) is 0 Å². The molecule has 0 aliphatic heterocycles. The Morgan fingerprint density at radius 1 is 0.824 bits per heavy atom. The number of rotatable bonds is 6. The molecular weight excluding hydrogens is 276 g/mol. The van der Waals surface area contributed by atoms with Crippen LogP contribution in [-0.4, -0.2) is 40.2 Å². The van der Waals surface area contributed by atoms with Gasteiger partial charge in [0, 0.05) is 39.3 Å².